The first-order valence-electron chi connectivity index (χ1n) is 6.79. The van der Waals surface area contributed by atoms with Crippen LogP contribution in [-0.4, -0.2) is 27.8 Å². The molecule has 3 heterocycles. The Morgan fingerprint density at radius 2 is 2.09 bits per heavy atom. The second-order valence-corrected chi connectivity index (χ2v) is 5.81. The van der Waals surface area contributed by atoms with E-state index in [1.807, 2.05) is 30.3 Å². The number of halogens is 1. The summed E-state index contributed by atoms with van der Waals surface area (Å²) in [7, 11) is 1.33. The van der Waals surface area contributed by atoms with E-state index >= 15 is 0 Å². The summed E-state index contributed by atoms with van der Waals surface area (Å²) < 4.78 is 13.1. The van der Waals surface area contributed by atoms with Crippen molar-refractivity contribution in [3.8, 4) is 28.6 Å². The van der Waals surface area contributed by atoms with Crippen LogP contribution >= 0.6 is 15.9 Å². The minimum absolute atomic E-state index is 0.217. The standard InChI is InChI=1S/C16H10BrN3O3/c1-22-16(21)11-7-12-10-4-2-3-5-13(10)23-14-6-9(17)8-18-15(14)20(12)19-11/h2-8H,1H3. The smallest absolute Gasteiger partial charge is 0.358 e. The van der Waals surface area contributed by atoms with Crippen LogP contribution in [0.3, 0.4) is 0 Å². The Bertz CT molecular complexity index is 936. The van der Waals surface area contributed by atoms with Crippen molar-refractivity contribution < 1.29 is 14.3 Å². The highest BCUT2D eigenvalue weighted by Crippen LogP contribution is 2.41. The molecule has 1 aliphatic heterocycles. The van der Waals surface area contributed by atoms with Crippen molar-refractivity contribution >= 4 is 21.9 Å². The van der Waals surface area contributed by atoms with Gasteiger partial charge < -0.3 is 9.47 Å². The SMILES string of the molecule is COC(=O)c1cc2n(n1)-c1ncc(Br)cc1Oc1ccccc1-2. The van der Waals surface area contributed by atoms with Gasteiger partial charge in [-0.3, -0.25) is 0 Å². The van der Waals surface area contributed by atoms with Crippen molar-refractivity contribution in [1.29, 1.82) is 0 Å². The van der Waals surface area contributed by atoms with Crippen molar-refractivity contribution in [2.24, 2.45) is 0 Å². The molecule has 0 saturated carbocycles. The van der Waals surface area contributed by atoms with Gasteiger partial charge in [-0.05, 0) is 34.1 Å². The van der Waals surface area contributed by atoms with E-state index in [4.69, 9.17) is 9.47 Å². The maximum Gasteiger partial charge on any atom is 0.358 e. The summed E-state index contributed by atoms with van der Waals surface area (Å²) in [4.78, 5) is 16.2. The highest BCUT2D eigenvalue weighted by Gasteiger charge is 2.25. The number of carbonyl (C=O) groups excluding carboxylic acids is 1. The van der Waals surface area contributed by atoms with Crippen molar-refractivity contribution in [1.82, 2.24) is 14.8 Å². The number of esters is 1. The molecular formula is C16H10BrN3O3. The molecule has 0 spiro atoms. The summed E-state index contributed by atoms with van der Waals surface area (Å²) in [6.45, 7) is 0. The lowest BCUT2D eigenvalue weighted by molar-refractivity contribution is 0.0593. The van der Waals surface area contributed by atoms with Gasteiger partial charge in [0.25, 0.3) is 0 Å². The summed E-state index contributed by atoms with van der Waals surface area (Å²) in [5, 5.41) is 4.34. The molecular weight excluding hydrogens is 362 g/mol. The monoisotopic (exact) mass is 371 g/mol. The summed E-state index contributed by atoms with van der Waals surface area (Å²) in [5.74, 6) is 1.23. The number of hydrogen-bond acceptors (Lipinski definition) is 5. The molecule has 4 rings (SSSR count). The van der Waals surface area contributed by atoms with Crippen LogP contribution in [0.15, 0.2) is 47.1 Å². The molecule has 0 amide bonds. The highest BCUT2D eigenvalue weighted by atomic mass is 79.9. The third-order valence-corrected chi connectivity index (χ3v) is 3.92. The number of methoxy groups -OCH3 is 1. The van der Waals surface area contributed by atoms with Crippen molar-refractivity contribution in [2.45, 2.75) is 0 Å². The highest BCUT2D eigenvalue weighted by molar-refractivity contribution is 9.10. The van der Waals surface area contributed by atoms with Crippen molar-refractivity contribution in [3.05, 3.63) is 52.8 Å². The average molecular weight is 372 g/mol. The van der Waals surface area contributed by atoms with E-state index in [0.29, 0.717) is 17.3 Å². The Balaban J connectivity index is 2.04. The molecule has 1 aliphatic rings. The van der Waals surface area contributed by atoms with Crippen LogP contribution < -0.4 is 4.74 Å². The van der Waals surface area contributed by atoms with Crippen LogP contribution in [0, 0.1) is 0 Å². The molecule has 0 N–H and O–H groups in total. The van der Waals surface area contributed by atoms with E-state index in [0.717, 1.165) is 15.7 Å². The van der Waals surface area contributed by atoms with Gasteiger partial charge in [0.15, 0.2) is 17.3 Å². The maximum atomic E-state index is 11.8. The minimum Gasteiger partial charge on any atom is -0.464 e. The Hall–Kier alpha value is -2.67. The largest absolute Gasteiger partial charge is 0.464 e. The molecule has 0 fully saturated rings. The normalized spacial score (nSPS) is 11.6. The molecule has 0 unspecified atom stereocenters. The summed E-state index contributed by atoms with van der Waals surface area (Å²) in [5.41, 5.74) is 1.76. The first-order valence-corrected chi connectivity index (χ1v) is 7.58. The number of aromatic nitrogens is 3. The molecule has 0 bridgehead atoms. The van der Waals surface area contributed by atoms with Gasteiger partial charge in [-0.1, -0.05) is 12.1 Å². The number of ether oxygens (including phenoxy) is 2. The second-order valence-electron chi connectivity index (χ2n) is 4.89. The van der Waals surface area contributed by atoms with E-state index in [1.54, 1.807) is 16.9 Å². The lowest BCUT2D eigenvalue weighted by atomic mass is 10.1. The number of para-hydroxylation sites is 1. The van der Waals surface area contributed by atoms with E-state index in [9.17, 15) is 4.79 Å². The quantitative estimate of drug-likeness (QED) is 0.478. The van der Waals surface area contributed by atoms with E-state index in [1.165, 1.54) is 7.11 Å². The fraction of sp³-hybridized carbons (Fsp3) is 0.0625. The molecule has 6 nitrogen and oxygen atoms in total. The van der Waals surface area contributed by atoms with Crippen molar-refractivity contribution in [3.63, 3.8) is 0 Å². The van der Waals surface area contributed by atoms with E-state index < -0.39 is 5.97 Å². The summed E-state index contributed by atoms with van der Waals surface area (Å²) >= 11 is 3.39. The van der Waals surface area contributed by atoms with Crippen LogP contribution in [0.1, 0.15) is 10.5 Å². The first kappa shape index (κ1) is 14.0. The number of fused-ring (bicyclic) bond motifs is 5. The zero-order chi connectivity index (χ0) is 16.0. The maximum absolute atomic E-state index is 11.8. The number of carbonyl (C=O) groups is 1. The second kappa shape index (κ2) is 5.20. The topological polar surface area (TPSA) is 66.2 Å². The molecule has 0 atom stereocenters. The van der Waals surface area contributed by atoms with Gasteiger partial charge >= 0.3 is 5.97 Å². The number of nitrogens with zero attached hydrogens (tertiary/aromatic N) is 3. The number of hydrogen-bond donors (Lipinski definition) is 0. The van der Waals surface area contributed by atoms with Gasteiger partial charge in [0, 0.05) is 22.3 Å². The number of rotatable bonds is 1. The van der Waals surface area contributed by atoms with Gasteiger partial charge in [0.05, 0.1) is 12.8 Å². The fourth-order valence-corrected chi connectivity index (χ4v) is 2.78. The molecule has 7 heteroatoms. The van der Waals surface area contributed by atoms with Crippen LogP contribution in [0.4, 0.5) is 0 Å². The predicted molar refractivity (Wildman–Crippen MR) is 85.9 cm³/mol. The van der Waals surface area contributed by atoms with Crippen LogP contribution in [0.2, 0.25) is 0 Å². The fourth-order valence-electron chi connectivity index (χ4n) is 2.47. The molecule has 0 saturated heterocycles. The van der Waals surface area contributed by atoms with E-state index in [-0.39, 0.29) is 5.69 Å². The minimum atomic E-state index is -0.498. The van der Waals surface area contributed by atoms with E-state index in [2.05, 4.69) is 26.0 Å². The van der Waals surface area contributed by atoms with Crippen LogP contribution in [-0.2, 0) is 4.74 Å². The lowest BCUT2D eigenvalue weighted by Crippen LogP contribution is -2.05. The van der Waals surface area contributed by atoms with Gasteiger partial charge in [-0.15, -0.1) is 0 Å². The Labute approximate surface area is 139 Å². The van der Waals surface area contributed by atoms with Crippen molar-refractivity contribution in [2.75, 3.05) is 7.11 Å². The lowest BCUT2D eigenvalue weighted by Gasteiger charge is -2.08. The summed E-state index contributed by atoms with van der Waals surface area (Å²) in [6, 6.07) is 11.0. The molecule has 114 valence electrons. The Morgan fingerprint density at radius 1 is 1.26 bits per heavy atom. The number of pyridine rings is 1. The number of benzene rings is 1. The zero-order valence-electron chi connectivity index (χ0n) is 12.0. The average Bonchev–Trinajstić information content (AvgIpc) is 2.95. The molecule has 0 radical (unpaired) electrons. The molecule has 2 aromatic heterocycles. The van der Waals surface area contributed by atoms with Crippen LogP contribution in [0.25, 0.3) is 17.1 Å². The van der Waals surface area contributed by atoms with Gasteiger partial charge in [0.1, 0.15) is 5.75 Å². The van der Waals surface area contributed by atoms with Crippen LogP contribution in [0.5, 0.6) is 11.5 Å². The Kier molecular flexibility index (Phi) is 3.16. The van der Waals surface area contributed by atoms with Gasteiger partial charge in [-0.25, -0.2) is 14.5 Å². The first-order chi connectivity index (χ1) is 11.2. The van der Waals surface area contributed by atoms with Gasteiger partial charge in [-0.2, -0.15) is 5.10 Å². The molecule has 0 aliphatic carbocycles. The Morgan fingerprint density at radius 3 is 2.91 bits per heavy atom. The molecule has 3 aromatic rings. The van der Waals surface area contributed by atoms with Gasteiger partial charge in [0.2, 0.25) is 0 Å². The molecule has 23 heavy (non-hydrogen) atoms. The predicted octanol–water partition coefficient (Wildman–Crippen LogP) is 3.59. The summed E-state index contributed by atoms with van der Waals surface area (Å²) in [6.07, 6.45) is 1.65. The third-order valence-electron chi connectivity index (χ3n) is 3.49. The zero-order valence-corrected chi connectivity index (χ0v) is 13.6. The molecule has 1 aromatic carbocycles. The third kappa shape index (κ3) is 2.20.